The van der Waals surface area contributed by atoms with E-state index in [1.807, 2.05) is 18.2 Å². The smallest absolute Gasteiger partial charge is 0.207 e. The Hall–Kier alpha value is -2.99. The second-order valence-electron chi connectivity index (χ2n) is 5.70. The van der Waals surface area contributed by atoms with Gasteiger partial charge in [0.2, 0.25) is 5.16 Å². The molecule has 0 atom stereocenters. The average molecular weight is 362 g/mol. The number of hydrogen-bond donors (Lipinski definition) is 0. The van der Waals surface area contributed by atoms with E-state index < -0.39 is 0 Å². The topological polar surface area (TPSA) is 43.6 Å². The van der Waals surface area contributed by atoms with E-state index >= 15 is 0 Å². The molecule has 0 N–H and O–H groups in total. The van der Waals surface area contributed by atoms with Crippen LogP contribution in [0.3, 0.4) is 0 Å². The number of thioether (sulfide) groups is 1. The van der Waals surface area contributed by atoms with Gasteiger partial charge in [-0.05, 0) is 45.3 Å². The molecule has 3 aromatic carbocycles. The van der Waals surface area contributed by atoms with Crippen molar-refractivity contribution in [2.75, 3.05) is 0 Å². The maximum Gasteiger partial charge on any atom is 0.214 e. The monoisotopic (exact) mass is 362 g/mol. The van der Waals surface area contributed by atoms with E-state index in [4.69, 9.17) is 0 Å². The molecule has 0 aliphatic carbocycles. The number of tetrazole rings is 1. The van der Waals surface area contributed by atoms with Crippen LogP contribution in [-0.4, -0.2) is 20.2 Å². The number of rotatable bonds is 5. The van der Waals surface area contributed by atoms with Gasteiger partial charge in [0.25, 0.3) is 0 Å². The fourth-order valence-corrected chi connectivity index (χ4v) is 3.46. The fraction of sp³-hybridized carbons (Fsp3) is 0.0500. The number of halogens is 1. The summed E-state index contributed by atoms with van der Waals surface area (Å²) in [5.41, 5.74) is 4.16. The van der Waals surface area contributed by atoms with E-state index in [2.05, 4.69) is 51.9 Å². The van der Waals surface area contributed by atoms with Crippen molar-refractivity contribution in [3.63, 3.8) is 0 Å². The lowest BCUT2D eigenvalue weighted by molar-refractivity contribution is 0.623. The van der Waals surface area contributed by atoms with Crippen molar-refractivity contribution < 1.29 is 4.39 Å². The maximum atomic E-state index is 13.4. The molecule has 0 saturated carbocycles. The molecule has 128 valence electrons. The summed E-state index contributed by atoms with van der Waals surface area (Å²) in [5.74, 6) is 0.413. The van der Waals surface area contributed by atoms with Gasteiger partial charge in [0.15, 0.2) is 0 Å². The molecule has 1 heterocycles. The zero-order valence-corrected chi connectivity index (χ0v) is 14.6. The summed E-state index contributed by atoms with van der Waals surface area (Å²) >= 11 is 1.51. The van der Waals surface area contributed by atoms with Gasteiger partial charge < -0.3 is 0 Å². The molecule has 26 heavy (non-hydrogen) atoms. The van der Waals surface area contributed by atoms with E-state index in [0.717, 1.165) is 5.75 Å². The molecule has 4 rings (SSSR count). The summed E-state index contributed by atoms with van der Waals surface area (Å²) in [5, 5.41) is 12.3. The molecule has 0 unspecified atom stereocenters. The van der Waals surface area contributed by atoms with Crippen molar-refractivity contribution in [2.45, 2.75) is 10.9 Å². The molecule has 4 aromatic rings. The van der Waals surface area contributed by atoms with Gasteiger partial charge in [-0.1, -0.05) is 72.4 Å². The van der Waals surface area contributed by atoms with E-state index in [0.29, 0.717) is 10.8 Å². The predicted octanol–water partition coefficient (Wildman–Crippen LogP) is 4.76. The predicted molar refractivity (Wildman–Crippen MR) is 101 cm³/mol. The summed E-state index contributed by atoms with van der Waals surface area (Å²) in [6.07, 6.45) is 0. The summed E-state index contributed by atoms with van der Waals surface area (Å²) in [6, 6.07) is 24.9. The van der Waals surface area contributed by atoms with E-state index in [-0.39, 0.29) is 5.82 Å². The van der Waals surface area contributed by atoms with Gasteiger partial charge >= 0.3 is 0 Å². The van der Waals surface area contributed by atoms with Crippen molar-refractivity contribution in [1.29, 1.82) is 0 Å². The van der Waals surface area contributed by atoms with Crippen LogP contribution in [0.1, 0.15) is 5.56 Å². The normalized spacial score (nSPS) is 10.8. The molecule has 0 spiro atoms. The lowest BCUT2D eigenvalue weighted by Crippen LogP contribution is -1.99. The molecular weight excluding hydrogens is 347 g/mol. The van der Waals surface area contributed by atoms with Crippen LogP contribution in [0.4, 0.5) is 4.39 Å². The summed E-state index contributed by atoms with van der Waals surface area (Å²) in [6.45, 7) is 0. The zero-order valence-electron chi connectivity index (χ0n) is 13.8. The van der Waals surface area contributed by atoms with Crippen molar-refractivity contribution in [2.24, 2.45) is 0 Å². The first-order valence-corrected chi connectivity index (χ1v) is 9.10. The minimum Gasteiger partial charge on any atom is -0.207 e. The largest absolute Gasteiger partial charge is 0.214 e. The molecule has 0 fully saturated rings. The highest BCUT2D eigenvalue weighted by molar-refractivity contribution is 7.98. The first-order chi connectivity index (χ1) is 12.8. The van der Waals surface area contributed by atoms with Crippen LogP contribution in [0.25, 0.3) is 16.8 Å². The second-order valence-corrected chi connectivity index (χ2v) is 6.65. The lowest BCUT2D eigenvalue weighted by atomic mass is 10.0. The number of hydrogen-bond acceptors (Lipinski definition) is 4. The molecule has 0 amide bonds. The SMILES string of the molecule is Fc1cccc(-n2nnnc2SCc2ccc(-c3ccccc3)cc2)c1. The molecule has 0 radical (unpaired) electrons. The Morgan fingerprint density at radius 1 is 0.846 bits per heavy atom. The summed E-state index contributed by atoms with van der Waals surface area (Å²) in [4.78, 5) is 0. The standard InChI is InChI=1S/C20H15FN4S/c21-18-7-4-8-19(13-18)25-20(22-23-24-25)26-14-15-9-11-17(12-10-15)16-5-2-1-3-6-16/h1-13H,14H2. The van der Waals surface area contributed by atoms with Crippen LogP contribution < -0.4 is 0 Å². The van der Waals surface area contributed by atoms with Gasteiger partial charge in [-0.25, -0.2) is 4.39 Å². The van der Waals surface area contributed by atoms with Gasteiger partial charge in [-0.3, -0.25) is 0 Å². The molecule has 0 aliphatic rings. The summed E-state index contributed by atoms with van der Waals surface area (Å²) in [7, 11) is 0. The number of nitrogens with zero attached hydrogens (tertiary/aromatic N) is 4. The molecule has 6 heteroatoms. The zero-order chi connectivity index (χ0) is 17.8. The Bertz CT molecular complexity index is 1000. The third-order valence-corrected chi connectivity index (χ3v) is 4.91. The third-order valence-electron chi connectivity index (χ3n) is 3.92. The van der Waals surface area contributed by atoms with Crippen molar-refractivity contribution >= 4 is 11.8 Å². The summed E-state index contributed by atoms with van der Waals surface area (Å²) < 4.78 is 15.0. The fourth-order valence-electron chi connectivity index (χ4n) is 2.61. The van der Waals surface area contributed by atoms with Crippen molar-refractivity contribution in [3.05, 3.63) is 90.2 Å². The quantitative estimate of drug-likeness (QED) is 0.480. The van der Waals surface area contributed by atoms with Crippen LogP contribution in [0, 0.1) is 5.82 Å². The van der Waals surface area contributed by atoms with Crippen LogP contribution >= 0.6 is 11.8 Å². The molecule has 1 aromatic heterocycles. The van der Waals surface area contributed by atoms with Crippen LogP contribution in [0.5, 0.6) is 0 Å². The first-order valence-electron chi connectivity index (χ1n) is 8.11. The van der Waals surface area contributed by atoms with Gasteiger partial charge in [0, 0.05) is 5.75 Å². The lowest BCUT2D eigenvalue weighted by Gasteiger charge is -2.06. The van der Waals surface area contributed by atoms with Crippen molar-refractivity contribution in [1.82, 2.24) is 20.2 Å². The molecule has 0 saturated heterocycles. The van der Waals surface area contributed by atoms with Gasteiger partial charge in [-0.2, -0.15) is 4.68 Å². The van der Waals surface area contributed by atoms with Crippen LogP contribution in [0.15, 0.2) is 84.0 Å². The molecule has 0 aliphatic heterocycles. The number of benzene rings is 3. The van der Waals surface area contributed by atoms with E-state index in [1.165, 1.54) is 40.6 Å². The van der Waals surface area contributed by atoms with Gasteiger partial charge in [-0.15, -0.1) is 5.10 Å². The Labute approximate surface area is 154 Å². The van der Waals surface area contributed by atoms with Gasteiger partial charge in [0.1, 0.15) is 5.82 Å². The highest BCUT2D eigenvalue weighted by atomic mass is 32.2. The van der Waals surface area contributed by atoms with Crippen LogP contribution in [-0.2, 0) is 5.75 Å². The highest BCUT2D eigenvalue weighted by Crippen LogP contribution is 2.25. The molecule has 0 bridgehead atoms. The third kappa shape index (κ3) is 3.65. The average Bonchev–Trinajstić information content (AvgIpc) is 3.16. The van der Waals surface area contributed by atoms with E-state index in [1.54, 1.807) is 16.8 Å². The Kier molecular flexibility index (Phi) is 4.75. The minimum absolute atomic E-state index is 0.314. The Morgan fingerprint density at radius 3 is 2.38 bits per heavy atom. The Balaban J connectivity index is 1.48. The highest BCUT2D eigenvalue weighted by Gasteiger charge is 2.10. The minimum atomic E-state index is -0.314. The number of aromatic nitrogens is 4. The van der Waals surface area contributed by atoms with Gasteiger partial charge in [0.05, 0.1) is 5.69 Å². The second kappa shape index (κ2) is 7.49. The Morgan fingerprint density at radius 2 is 1.62 bits per heavy atom. The first kappa shape index (κ1) is 16.5. The molecule has 4 nitrogen and oxygen atoms in total. The van der Waals surface area contributed by atoms with Crippen LogP contribution in [0.2, 0.25) is 0 Å². The van der Waals surface area contributed by atoms with Crippen molar-refractivity contribution in [3.8, 4) is 16.8 Å². The van der Waals surface area contributed by atoms with E-state index in [9.17, 15) is 4.39 Å². The molecular formula is C20H15FN4S. The maximum absolute atomic E-state index is 13.4.